The summed E-state index contributed by atoms with van der Waals surface area (Å²) in [5.41, 5.74) is 0.923. The Hall–Kier alpha value is -1.00. The molecule has 0 aliphatic heterocycles. The molecule has 1 saturated carbocycles. The first kappa shape index (κ1) is 19.3. The number of hydrogen-bond donors (Lipinski definition) is 0. The zero-order chi connectivity index (χ0) is 17.8. The molecule has 1 radical (unpaired) electrons. The van der Waals surface area contributed by atoms with Crippen LogP contribution >= 0.6 is 0 Å². The van der Waals surface area contributed by atoms with Gasteiger partial charge in [-0.15, -0.1) is 0 Å². The van der Waals surface area contributed by atoms with Crippen molar-refractivity contribution in [3.63, 3.8) is 0 Å². The monoisotopic (exact) mass is 377 g/mol. The number of hydrogen-bond acceptors (Lipinski definition) is 7. The lowest BCUT2D eigenvalue weighted by molar-refractivity contribution is -0.0640. The minimum Gasteiger partial charge on any atom is -0.371 e. The number of rotatable bonds is 7. The Morgan fingerprint density at radius 1 is 1.04 bits per heavy atom. The topological polar surface area (TPSA) is 96.0 Å². The van der Waals surface area contributed by atoms with Crippen molar-refractivity contribution in [1.82, 2.24) is 0 Å². The lowest BCUT2D eigenvalue weighted by atomic mass is 9.92. The molecule has 2 unspecified atom stereocenters. The summed E-state index contributed by atoms with van der Waals surface area (Å²) >= 11 is 0. The van der Waals surface area contributed by atoms with Crippen molar-refractivity contribution < 1.29 is 29.9 Å². The summed E-state index contributed by atoms with van der Waals surface area (Å²) in [6, 6.07) is 9.38. The van der Waals surface area contributed by atoms with Crippen LogP contribution in [0.25, 0.3) is 0 Å². The Labute approximate surface area is 143 Å². The van der Waals surface area contributed by atoms with Crippen LogP contribution in [-0.2, 0) is 39.9 Å². The highest BCUT2D eigenvalue weighted by molar-refractivity contribution is 7.86. The Balaban J connectivity index is 2.13. The molecule has 0 bridgehead atoms. The second kappa shape index (κ2) is 7.92. The van der Waals surface area contributed by atoms with Gasteiger partial charge in [0.25, 0.3) is 20.2 Å². The lowest BCUT2D eigenvalue weighted by Crippen LogP contribution is -2.43. The molecule has 2 rings (SSSR count). The molecule has 0 N–H and O–H groups in total. The maximum atomic E-state index is 11.5. The summed E-state index contributed by atoms with van der Waals surface area (Å²) in [4.78, 5) is 0. The molecule has 1 aliphatic carbocycles. The van der Waals surface area contributed by atoms with Crippen molar-refractivity contribution in [3.05, 3.63) is 42.0 Å². The molecule has 0 amide bonds. The fraction of sp³-hybridized carbons (Fsp3) is 0.533. The molecule has 1 fully saturated rings. The van der Waals surface area contributed by atoms with Crippen molar-refractivity contribution in [1.29, 1.82) is 0 Å². The van der Waals surface area contributed by atoms with Crippen molar-refractivity contribution in [2.75, 3.05) is 12.5 Å². The fourth-order valence-corrected chi connectivity index (χ4v) is 3.69. The molecule has 0 spiro atoms. The standard InChI is InChI=1S/C15H21O7S2/c1-23(16,17)21-14-10-6-9-13(15(14)22-24(2,18)19)20-11-12-7-4-3-5-8-12/h3-5,7-8,13,15H,6,9-11H2,1-2H3. The zero-order valence-electron chi connectivity index (χ0n) is 13.5. The van der Waals surface area contributed by atoms with Gasteiger partial charge in [-0.05, 0) is 24.8 Å². The van der Waals surface area contributed by atoms with Gasteiger partial charge in [0, 0.05) is 0 Å². The summed E-state index contributed by atoms with van der Waals surface area (Å²) < 4.78 is 61.7. The van der Waals surface area contributed by atoms with E-state index in [-0.39, 0.29) is 12.7 Å². The highest BCUT2D eigenvalue weighted by Crippen LogP contribution is 2.34. The second-order valence-electron chi connectivity index (χ2n) is 5.70. The second-order valence-corrected chi connectivity index (χ2v) is 8.88. The summed E-state index contributed by atoms with van der Waals surface area (Å²) in [6.07, 6.45) is 1.67. The van der Waals surface area contributed by atoms with E-state index in [1.165, 1.54) is 0 Å². The summed E-state index contributed by atoms with van der Waals surface area (Å²) in [6.45, 7) is 0.265. The predicted molar refractivity (Wildman–Crippen MR) is 87.8 cm³/mol. The first-order valence-corrected chi connectivity index (χ1v) is 11.1. The van der Waals surface area contributed by atoms with Crippen molar-refractivity contribution >= 4 is 20.2 Å². The van der Waals surface area contributed by atoms with Crippen LogP contribution in [0, 0.1) is 6.10 Å². The van der Waals surface area contributed by atoms with E-state index < -0.39 is 32.4 Å². The average molecular weight is 377 g/mol. The van der Waals surface area contributed by atoms with Crippen LogP contribution in [0.15, 0.2) is 30.3 Å². The molecule has 1 aromatic rings. The van der Waals surface area contributed by atoms with Crippen LogP contribution < -0.4 is 0 Å². The molecule has 9 heteroatoms. The lowest BCUT2D eigenvalue weighted by Gasteiger charge is -2.35. The van der Waals surface area contributed by atoms with Gasteiger partial charge in [0.05, 0.1) is 25.2 Å². The van der Waals surface area contributed by atoms with E-state index in [4.69, 9.17) is 13.1 Å². The molecule has 135 valence electrons. The molecule has 0 heterocycles. The molecule has 24 heavy (non-hydrogen) atoms. The maximum Gasteiger partial charge on any atom is 0.265 e. The van der Waals surface area contributed by atoms with E-state index in [9.17, 15) is 16.8 Å². The summed E-state index contributed by atoms with van der Waals surface area (Å²) in [5, 5.41) is 0. The van der Waals surface area contributed by atoms with Crippen LogP contribution in [-0.4, -0.2) is 41.6 Å². The SMILES string of the molecule is CS(=O)(=O)O[C]1CCCC(OCc2ccccc2)C1OS(C)(=O)=O. The van der Waals surface area contributed by atoms with Gasteiger partial charge < -0.3 is 4.74 Å². The van der Waals surface area contributed by atoms with Gasteiger partial charge in [0.2, 0.25) is 0 Å². The third-order valence-corrected chi connectivity index (χ3v) is 4.48. The van der Waals surface area contributed by atoms with Crippen molar-refractivity contribution in [3.8, 4) is 0 Å². The highest BCUT2D eigenvalue weighted by atomic mass is 32.2. The number of benzene rings is 1. The molecule has 1 aromatic carbocycles. The summed E-state index contributed by atoms with van der Waals surface area (Å²) in [5.74, 6) is 0. The molecular weight excluding hydrogens is 356 g/mol. The van der Waals surface area contributed by atoms with E-state index in [1.807, 2.05) is 30.3 Å². The van der Waals surface area contributed by atoms with Crippen LogP contribution in [0.2, 0.25) is 0 Å². The van der Waals surface area contributed by atoms with E-state index >= 15 is 0 Å². The minimum absolute atomic E-state index is 0.0623. The molecule has 0 aromatic heterocycles. The van der Waals surface area contributed by atoms with E-state index in [0.717, 1.165) is 18.1 Å². The van der Waals surface area contributed by atoms with Gasteiger partial charge in [0.1, 0.15) is 6.10 Å². The minimum atomic E-state index is -3.80. The van der Waals surface area contributed by atoms with Gasteiger partial charge in [0.15, 0.2) is 6.10 Å². The van der Waals surface area contributed by atoms with E-state index in [2.05, 4.69) is 0 Å². The summed E-state index contributed by atoms with van der Waals surface area (Å²) in [7, 11) is -7.57. The largest absolute Gasteiger partial charge is 0.371 e. The highest BCUT2D eigenvalue weighted by Gasteiger charge is 2.41. The molecular formula is C15H21O7S2. The van der Waals surface area contributed by atoms with Crippen molar-refractivity contribution in [2.45, 2.75) is 38.1 Å². The fourth-order valence-electron chi connectivity index (χ4n) is 2.51. The zero-order valence-corrected chi connectivity index (χ0v) is 15.2. The molecule has 2 atom stereocenters. The third-order valence-electron chi connectivity index (χ3n) is 3.41. The van der Waals surface area contributed by atoms with Gasteiger partial charge >= 0.3 is 0 Å². The Bertz CT molecular complexity index is 728. The van der Waals surface area contributed by atoms with Gasteiger partial charge in [-0.3, -0.25) is 8.37 Å². The van der Waals surface area contributed by atoms with Crippen LogP contribution in [0.3, 0.4) is 0 Å². The Kier molecular flexibility index (Phi) is 6.38. The van der Waals surface area contributed by atoms with Crippen LogP contribution in [0.5, 0.6) is 0 Å². The van der Waals surface area contributed by atoms with Gasteiger partial charge in [-0.25, -0.2) is 0 Å². The Morgan fingerprint density at radius 3 is 2.29 bits per heavy atom. The first-order valence-electron chi connectivity index (χ1n) is 7.43. The van der Waals surface area contributed by atoms with Gasteiger partial charge in [-0.2, -0.15) is 16.8 Å². The third kappa shape index (κ3) is 6.48. The molecule has 7 nitrogen and oxygen atoms in total. The normalized spacial score (nSPS) is 23.2. The van der Waals surface area contributed by atoms with Crippen LogP contribution in [0.1, 0.15) is 24.8 Å². The van der Waals surface area contributed by atoms with Crippen LogP contribution in [0.4, 0.5) is 0 Å². The number of ether oxygens (including phenoxy) is 1. The van der Waals surface area contributed by atoms with Crippen molar-refractivity contribution in [2.24, 2.45) is 0 Å². The smallest absolute Gasteiger partial charge is 0.265 e. The van der Waals surface area contributed by atoms with E-state index in [0.29, 0.717) is 19.3 Å². The molecule has 1 aliphatic rings. The Morgan fingerprint density at radius 2 is 1.71 bits per heavy atom. The predicted octanol–water partition coefficient (Wildman–Crippen LogP) is 1.61. The van der Waals surface area contributed by atoms with E-state index in [1.54, 1.807) is 0 Å². The first-order chi connectivity index (χ1) is 11.1. The quantitative estimate of drug-likeness (QED) is 0.666. The maximum absolute atomic E-state index is 11.5. The average Bonchev–Trinajstić information content (AvgIpc) is 2.46. The van der Waals surface area contributed by atoms with Gasteiger partial charge in [-0.1, -0.05) is 30.3 Å². The molecule has 0 saturated heterocycles.